The normalized spacial score (nSPS) is 25.8. The first kappa shape index (κ1) is 15.0. The highest BCUT2D eigenvalue weighted by molar-refractivity contribution is 7.99. The third kappa shape index (κ3) is 2.64. The number of hydrogen-bond acceptors (Lipinski definition) is 8. The van der Waals surface area contributed by atoms with Crippen LogP contribution in [0.3, 0.4) is 0 Å². The molecule has 0 saturated carbocycles. The summed E-state index contributed by atoms with van der Waals surface area (Å²) in [6.45, 7) is -0.203. The molecule has 3 heterocycles. The zero-order valence-electron chi connectivity index (χ0n) is 11.6. The monoisotopic (exact) mass is 328 g/mol. The molecule has 7 nitrogen and oxygen atoms in total. The summed E-state index contributed by atoms with van der Waals surface area (Å²) in [4.78, 5) is 13.3. The predicted molar refractivity (Wildman–Crippen MR) is 80.5 cm³/mol. The molecular weight excluding hydrogens is 312 g/mol. The highest BCUT2D eigenvalue weighted by Crippen LogP contribution is 2.32. The molecule has 0 radical (unpaired) electrons. The van der Waals surface area contributed by atoms with Crippen LogP contribution in [0.25, 0.3) is 11.2 Å². The van der Waals surface area contributed by atoms with Crippen molar-refractivity contribution < 1.29 is 14.9 Å². The first-order valence-corrected chi connectivity index (χ1v) is 8.89. The first-order valence-electron chi connectivity index (χ1n) is 6.44. The quantitative estimate of drug-likeness (QED) is 0.486. The maximum Gasteiger partial charge on any atom is 0.190 e. The molecule has 2 aromatic heterocycles. The standard InChI is InChI=1S/C12H16N4O3S2/c1-20-11-9-10(14-12(15-11)21-2)16(5-13-9)8-3-6(18)7(4-17)19-8/h5-8,17-18H,3-4H2,1-2H3/t6-,7+,8+/m0/s1. The van der Waals surface area contributed by atoms with Crippen molar-refractivity contribution in [1.82, 2.24) is 19.5 Å². The molecule has 0 bridgehead atoms. The van der Waals surface area contributed by atoms with Crippen LogP contribution >= 0.6 is 23.5 Å². The summed E-state index contributed by atoms with van der Waals surface area (Å²) in [6.07, 6.45) is 4.31. The molecule has 1 aliphatic rings. The molecule has 2 aromatic rings. The van der Waals surface area contributed by atoms with Crippen molar-refractivity contribution in [2.24, 2.45) is 0 Å². The molecule has 9 heteroatoms. The van der Waals surface area contributed by atoms with E-state index in [1.54, 1.807) is 10.9 Å². The Kier molecular flexibility index (Phi) is 4.36. The molecule has 0 spiro atoms. The number of rotatable bonds is 4. The Morgan fingerprint density at radius 1 is 1.38 bits per heavy atom. The van der Waals surface area contributed by atoms with E-state index in [9.17, 15) is 10.2 Å². The topological polar surface area (TPSA) is 93.3 Å². The molecule has 21 heavy (non-hydrogen) atoms. The SMILES string of the molecule is CSc1nc(SC)c2ncn([C@H]3C[C@H](O)[C@@H](CO)O3)c2n1. The van der Waals surface area contributed by atoms with Crippen LogP contribution in [-0.4, -0.2) is 61.1 Å². The van der Waals surface area contributed by atoms with E-state index >= 15 is 0 Å². The van der Waals surface area contributed by atoms with Crippen molar-refractivity contribution in [2.45, 2.75) is 35.0 Å². The number of aromatic nitrogens is 4. The fourth-order valence-electron chi connectivity index (χ4n) is 2.37. The Labute approximate surface area is 130 Å². The van der Waals surface area contributed by atoms with Gasteiger partial charge >= 0.3 is 0 Å². The molecule has 1 aliphatic heterocycles. The van der Waals surface area contributed by atoms with E-state index in [1.807, 2.05) is 12.5 Å². The predicted octanol–water partition coefficient (Wildman–Crippen LogP) is 0.911. The van der Waals surface area contributed by atoms with Gasteiger partial charge in [-0.25, -0.2) is 15.0 Å². The molecule has 0 aliphatic carbocycles. The fourth-order valence-corrected chi connectivity index (χ4v) is 3.30. The summed E-state index contributed by atoms with van der Waals surface area (Å²) in [7, 11) is 0. The maximum absolute atomic E-state index is 9.87. The molecule has 0 aromatic carbocycles. The molecule has 2 N–H and O–H groups in total. The Bertz CT molecular complexity index is 651. The molecule has 3 rings (SSSR count). The van der Waals surface area contributed by atoms with Gasteiger partial charge in [-0.05, 0) is 12.5 Å². The molecule has 114 valence electrons. The lowest BCUT2D eigenvalue weighted by molar-refractivity contribution is -0.0432. The minimum absolute atomic E-state index is 0.203. The third-order valence-corrected chi connectivity index (χ3v) is 4.66. The fraction of sp³-hybridized carbons (Fsp3) is 0.583. The van der Waals surface area contributed by atoms with Crippen LogP contribution in [-0.2, 0) is 4.74 Å². The zero-order valence-corrected chi connectivity index (χ0v) is 13.3. The lowest BCUT2D eigenvalue weighted by Gasteiger charge is -2.13. The van der Waals surface area contributed by atoms with Gasteiger partial charge in [0.2, 0.25) is 0 Å². The van der Waals surface area contributed by atoms with Crippen molar-refractivity contribution in [2.75, 3.05) is 19.1 Å². The van der Waals surface area contributed by atoms with Crippen LogP contribution in [0.15, 0.2) is 16.5 Å². The zero-order chi connectivity index (χ0) is 15.0. The van der Waals surface area contributed by atoms with Gasteiger partial charge in [0.25, 0.3) is 0 Å². The van der Waals surface area contributed by atoms with Crippen molar-refractivity contribution in [3.8, 4) is 0 Å². The van der Waals surface area contributed by atoms with E-state index in [1.165, 1.54) is 23.5 Å². The molecule has 1 saturated heterocycles. The van der Waals surface area contributed by atoms with Crippen LogP contribution in [0.5, 0.6) is 0 Å². The van der Waals surface area contributed by atoms with Gasteiger partial charge in [0.05, 0.1) is 19.0 Å². The summed E-state index contributed by atoms with van der Waals surface area (Å²) < 4.78 is 7.47. The lowest BCUT2D eigenvalue weighted by atomic mass is 10.2. The number of fused-ring (bicyclic) bond motifs is 1. The van der Waals surface area contributed by atoms with E-state index < -0.39 is 12.2 Å². The highest BCUT2D eigenvalue weighted by atomic mass is 32.2. The van der Waals surface area contributed by atoms with Gasteiger partial charge in [0.15, 0.2) is 10.8 Å². The van der Waals surface area contributed by atoms with Crippen molar-refractivity contribution in [1.29, 1.82) is 0 Å². The van der Waals surface area contributed by atoms with Gasteiger partial charge in [-0.2, -0.15) is 0 Å². The number of aliphatic hydroxyl groups excluding tert-OH is 2. The van der Waals surface area contributed by atoms with Crippen molar-refractivity contribution in [3.63, 3.8) is 0 Å². The largest absolute Gasteiger partial charge is 0.394 e. The second kappa shape index (κ2) is 6.09. The van der Waals surface area contributed by atoms with Gasteiger partial charge < -0.3 is 14.9 Å². The summed E-state index contributed by atoms with van der Waals surface area (Å²) in [6, 6.07) is 0. The summed E-state index contributed by atoms with van der Waals surface area (Å²) in [5.41, 5.74) is 1.42. The van der Waals surface area contributed by atoms with Crippen LogP contribution in [0.2, 0.25) is 0 Å². The Hall–Kier alpha value is -0.870. The van der Waals surface area contributed by atoms with E-state index in [-0.39, 0.29) is 12.8 Å². The van der Waals surface area contributed by atoms with E-state index in [0.29, 0.717) is 17.2 Å². The third-order valence-electron chi connectivity index (χ3n) is 3.44. The summed E-state index contributed by atoms with van der Waals surface area (Å²) in [5.74, 6) is 0. The van der Waals surface area contributed by atoms with Crippen LogP contribution in [0.1, 0.15) is 12.6 Å². The molecule has 0 unspecified atom stereocenters. The Balaban J connectivity index is 2.04. The second-order valence-corrected chi connectivity index (χ2v) is 6.23. The Morgan fingerprint density at radius 2 is 2.19 bits per heavy atom. The maximum atomic E-state index is 9.87. The van der Waals surface area contributed by atoms with Crippen LogP contribution in [0, 0.1) is 0 Å². The summed E-state index contributed by atoms with van der Waals surface area (Å²) in [5, 5.41) is 20.6. The van der Waals surface area contributed by atoms with Gasteiger partial charge in [-0.3, -0.25) is 4.57 Å². The van der Waals surface area contributed by atoms with Gasteiger partial charge in [0, 0.05) is 6.42 Å². The molecule has 0 amide bonds. The molecule has 1 fully saturated rings. The number of aliphatic hydroxyl groups is 2. The average Bonchev–Trinajstić information content (AvgIpc) is 3.08. The Morgan fingerprint density at radius 3 is 2.81 bits per heavy atom. The number of ether oxygens (including phenoxy) is 1. The number of imidazole rings is 1. The summed E-state index contributed by atoms with van der Waals surface area (Å²) >= 11 is 2.99. The minimum Gasteiger partial charge on any atom is -0.394 e. The van der Waals surface area contributed by atoms with Crippen molar-refractivity contribution in [3.05, 3.63) is 6.33 Å². The number of thioether (sulfide) groups is 2. The number of hydrogen-bond donors (Lipinski definition) is 2. The smallest absolute Gasteiger partial charge is 0.190 e. The van der Waals surface area contributed by atoms with Crippen LogP contribution in [0.4, 0.5) is 0 Å². The van der Waals surface area contributed by atoms with E-state index in [4.69, 9.17) is 4.74 Å². The second-order valence-electron chi connectivity index (χ2n) is 4.66. The van der Waals surface area contributed by atoms with Gasteiger partial charge in [-0.15, -0.1) is 11.8 Å². The van der Waals surface area contributed by atoms with Gasteiger partial charge in [-0.1, -0.05) is 11.8 Å². The van der Waals surface area contributed by atoms with Crippen LogP contribution < -0.4 is 0 Å². The number of nitrogens with zero attached hydrogens (tertiary/aromatic N) is 4. The molecular formula is C12H16N4O3S2. The van der Waals surface area contributed by atoms with Crippen molar-refractivity contribution >= 4 is 34.7 Å². The molecule has 3 atom stereocenters. The highest BCUT2D eigenvalue weighted by Gasteiger charge is 2.35. The average molecular weight is 328 g/mol. The minimum atomic E-state index is -0.681. The van der Waals surface area contributed by atoms with Gasteiger partial charge in [0.1, 0.15) is 22.9 Å². The van der Waals surface area contributed by atoms with E-state index in [2.05, 4.69) is 15.0 Å². The lowest BCUT2D eigenvalue weighted by Crippen LogP contribution is -2.24. The van der Waals surface area contributed by atoms with E-state index in [0.717, 1.165) is 10.5 Å². The first-order chi connectivity index (χ1) is 10.2.